The molecule has 0 amide bonds. The Morgan fingerprint density at radius 3 is 1.54 bits per heavy atom. The van der Waals surface area contributed by atoms with Crippen molar-refractivity contribution in [2.24, 2.45) is 0 Å². The molecule has 7 aromatic carbocycles. The van der Waals surface area contributed by atoms with Gasteiger partial charge < -0.3 is 0 Å². The summed E-state index contributed by atoms with van der Waals surface area (Å²) in [6.45, 7) is 0. The van der Waals surface area contributed by atoms with Gasteiger partial charge >= 0.3 is 0 Å². The van der Waals surface area contributed by atoms with Crippen LogP contribution in [0, 0.1) is 0 Å². The standard InChI is InChI=1S/C47H29N3/c1-2-12-40-31(7-1)23-26-42-44(34-21-19-33(20-22-34)39-14-4-9-36-11-6-28-49-46(36)39)41-25-24-37(29-43(41)50-47(40)42)30-15-17-32(18-16-30)38-13-3-8-35-10-5-27-48-45(35)38/h1-29H. The second-order valence-electron chi connectivity index (χ2n) is 12.8. The van der Waals surface area contributed by atoms with E-state index in [4.69, 9.17) is 9.97 Å². The lowest BCUT2D eigenvalue weighted by atomic mass is 9.91. The normalized spacial score (nSPS) is 11.6. The van der Waals surface area contributed by atoms with Crippen LogP contribution in [-0.2, 0) is 0 Å². The van der Waals surface area contributed by atoms with Crippen molar-refractivity contribution in [2.75, 3.05) is 0 Å². The predicted octanol–water partition coefficient (Wildman–Crippen LogP) is 12.3. The third-order valence-corrected chi connectivity index (χ3v) is 9.95. The zero-order chi connectivity index (χ0) is 33.0. The van der Waals surface area contributed by atoms with Crippen molar-refractivity contribution in [3.8, 4) is 44.5 Å². The summed E-state index contributed by atoms with van der Waals surface area (Å²) in [5.41, 5.74) is 13.3. The van der Waals surface area contributed by atoms with E-state index in [-0.39, 0.29) is 0 Å². The molecule has 0 bridgehead atoms. The molecule has 0 unspecified atom stereocenters. The summed E-state index contributed by atoms with van der Waals surface area (Å²) in [7, 11) is 0. The van der Waals surface area contributed by atoms with Crippen LogP contribution in [-0.4, -0.2) is 15.0 Å². The molecule has 0 fully saturated rings. The van der Waals surface area contributed by atoms with Crippen LogP contribution in [0.25, 0.3) is 98.9 Å². The number of para-hydroxylation sites is 2. The van der Waals surface area contributed by atoms with Crippen molar-refractivity contribution in [3.63, 3.8) is 0 Å². The van der Waals surface area contributed by atoms with E-state index in [0.29, 0.717) is 0 Å². The molecule has 3 nitrogen and oxygen atoms in total. The van der Waals surface area contributed by atoms with Crippen LogP contribution >= 0.6 is 0 Å². The van der Waals surface area contributed by atoms with Crippen LogP contribution in [0.1, 0.15) is 0 Å². The van der Waals surface area contributed by atoms with Crippen LogP contribution in [0.2, 0.25) is 0 Å². The lowest BCUT2D eigenvalue weighted by Gasteiger charge is -2.15. The van der Waals surface area contributed by atoms with E-state index >= 15 is 0 Å². The summed E-state index contributed by atoms with van der Waals surface area (Å²) in [5.74, 6) is 0. The number of nitrogens with zero attached hydrogens (tertiary/aromatic N) is 3. The second-order valence-corrected chi connectivity index (χ2v) is 12.8. The number of hydrogen-bond donors (Lipinski definition) is 0. The minimum absolute atomic E-state index is 0.978. The fourth-order valence-electron chi connectivity index (χ4n) is 7.50. The summed E-state index contributed by atoms with van der Waals surface area (Å²) < 4.78 is 0. The van der Waals surface area contributed by atoms with Crippen LogP contribution in [0.4, 0.5) is 0 Å². The Morgan fingerprint density at radius 2 is 0.860 bits per heavy atom. The highest BCUT2D eigenvalue weighted by Crippen LogP contribution is 2.40. The van der Waals surface area contributed by atoms with Gasteiger partial charge in [-0.2, -0.15) is 0 Å². The Balaban J connectivity index is 1.12. The molecule has 0 saturated heterocycles. The highest BCUT2D eigenvalue weighted by molar-refractivity contribution is 6.17. The Labute approximate surface area is 289 Å². The summed E-state index contributed by atoms with van der Waals surface area (Å²) in [5, 5.41) is 6.91. The minimum atomic E-state index is 0.978. The van der Waals surface area contributed by atoms with Crippen molar-refractivity contribution in [2.45, 2.75) is 0 Å². The van der Waals surface area contributed by atoms with Crippen LogP contribution in [0.3, 0.4) is 0 Å². The van der Waals surface area contributed by atoms with Gasteiger partial charge in [-0.3, -0.25) is 9.97 Å². The number of pyridine rings is 3. The maximum Gasteiger partial charge on any atom is 0.0794 e. The van der Waals surface area contributed by atoms with Crippen LogP contribution < -0.4 is 0 Å². The Hall–Kier alpha value is -6.71. The molecular formula is C47H29N3. The zero-order valence-corrected chi connectivity index (χ0v) is 27.1. The second kappa shape index (κ2) is 11.5. The molecule has 0 aliphatic rings. The van der Waals surface area contributed by atoms with Crippen molar-refractivity contribution < 1.29 is 0 Å². The minimum Gasteiger partial charge on any atom is -0.256 e. The molecule has 0 atom stereocenters. The highest BCUT2D eigenvalue weighted by Gasteiger charge is 2.15. The van der Waals surface area contributed by atoms with Crippen molar-refractivity contribution >= 4 is 54.4 Å². The van der Waals surface area contributed by atoms with Gasteiger partial charge in [0.15, 0.2) is 0 Å². The summed E-state index contributed by atoms with van der Waals surface area (Å²) >= 11 is 0. The van der Waals surface area contributed by atoms with E-state index in [0.717, 1.165) is 87.9 Å². The number of benzene rings is 7. The molecule has 0 aliphatic carbocycles. The first-order chi connectivity index (χ1) is 24.8. The zero-order valence-electron chi connectivity index (χ0n) is 27.1. The summed E-state index contributed by atoms with van der Waals surface area (Å²) in [4.78, 5) is 14.7. The molecule has 0 saturated carbocycles. The smallest absolute Gasteiger partial charge is 0.0794 e. The van der Waals surface area contributed by atoms with Gasteiger partial charge in [0.25, 0.3) is 0 Å². The monoisotopic (exact) mass is 635 g/mol. The Bertz CT molecular complexity index is 2900. The first-order valence-corrected chi connectivity index (χ1v) is 16.9. The molecule has 50 heavy (non-hydrogen) atoms. The van der Waals surface area contributed by atoms with Gasteiger partial charge in [0.2, 0.25) is 0 Å². The summed E-state index contributed by atoms with van der Waals surface area (Å²) in [6.07, 6.45) is 3.73. The average Bonchev–Trinajstić information content (AvgIpc) is 3.19. The van der Waals surface area contributed by atoms with E-state index in [1.165, 1.54) is 10.9 Å². The topological polar surface area (TPSA) is 38.7 Å². The third-order valence-electron chi connectivity index (χ3n) is 9.95. The van der Waals surface area contributed by atoms with E-state index in [1.54, 1.807) is 0 Å². The predicted molar refractivity (Wildman–Crippen MR) is 209 cm³/mol. The molecule has 3 heteroatoms. The third kappa shape index (κ3) is 4.63. The van der Waals surface area contributed by atoms with Gasteiger partial charge in [0.1, 0.15) is 0 Å². The largest absolute Gasteiger partial charge is 0.256 e. The number of fused-ring (bicyclic) bond motifs is 6. The molecule has 0 spiro atoms. The van der Waals surface area contributed by atoms with E-state index in [9.17, 15) is 0 Å². The number of aromatic nitrogens is 3. The van der Waals surface area contributed by atoms with Crippen LogP contribution in [0.5, 0.6) is 0 Å². The van der Waals surface area contributed by atoms with Gasteiger partial charge in [-0.05, 0) is 51.4 Å². The highest BCUT2D eigenvalue weighted by atomic mass is 14.7. The van der Waals surface area contributed by atoms with E-state index < -0.39 is 0 Å². The van der Waals surface area contributed by atoms with Crippen molar-refractivity contribution in [3.05, 3.63) is 176 Å². The van der Waals surface area contributed by atoms with E-state index in [1.807, 2.05) is 24.5 Å². The SMILES string of the molecule is c1cnc2c(-c3ccc(-c4ccc5c(-c6ccc(-c7cccc8cccnc78)cc6)c6ccc7ccccc7c6nc5c4)cc3)cccc2c1. The van der Waals surface area contributed by atoms with E-state index in [2.05, 4.69) is 157 Å². The molecule has 0 radical (unpaired) electrons. The molecule has 10 rings (SSSR count). The molecule has 3 heterocycles. The maximum atomic E-state index is 5.36. The molecule has 232 valence electrons. The summed E-state index contributed by atoms with van der Waals surface area (Å²) in [6, 6.07) is 58.4. The van der Waals surface area contributed by atoms with Gasteiger partial charge in [0, 0.05) is 56.0 Å². The maximum absolute atomic E-state index is 5.36. The van der Waals surface area contributed by atoms with Crippen LogP contribution in [0.15, 0.2) is 176 Å². The lowest BCUT2D eigenvalue weighted by Crippen LogP contribution is -1.92. The van der Waals surface area contributed by atoms with Crippen molar-refractivity contribution in [1.82, 2.24) is 15.0 Å². The molecule has 10 aromatic rings. The quantitative estimate of drug-likeness (QED) is 0.143. The first kappa shape index (κ1) is 28.3. The number of rotatable bonds is 4. The lowest BCUT2D eigenvalue weighted by molar-refractivity contribution is 1.41. The van der Waals surface area contributed by atoms with Gasteiger partial charge in [0.05, 0.1) is 22.1 Å². The van der Waals surface area contributed by atoms with Crippen molar-refractivity contribution in [1.29, 1.82) is 0 Å². The Morgan fingerprint density at radius 1 is 0.320 bits per heavy atom. The molecular weight excluding hydrogens is 607 g/mol. The number of hydrogen-bond acceptors (Lipinski definition) is 3. The molecule has 0 N–H and O–H groups in total. The van der Waals surface area contributed by atoms with Gasteiger partial charge in [-0.1, -0.05) is 146 Å². The first-order valence-electron chi connectivity index (χ1n) is 16.9. The fraction of sp³-hybridized carbons (Fsp3) is 0. The molecule has 3 aromatic heterocycles. The molecule has 0 aliphatic heterocycles. The van der Waals surface area contributed by atoms with Gasteiger partial charge in [-0.15, -0.1) is 0 Å². The average molecular weight is 636 g/mol. The van der Waals surface area contributed by atoms with Gasteiger partial charge in [-0.25, -0.2) is 4.98 Å². The fourth-order valence-corrected chi connectivity index (χ4v) is 7.50. The Kier molecular flexibility index (Phi) is 6.49.